The highest BCUT2D eigenvalue weighted by atomic mass is 16.5. The van der Waals surface area contributed by atoms with Gasteiger partial charge in [0.15, 0.2) is 11.5 Å². The van der Waals surface area contributed by atoms with Crippen LogP contribution in [0.5, 0.6) is 17.2 Å². The predicted octanol–water partition coefficient (Wildman–Crippen LogP) is 3.68. The highest BCUT2D eigenvalue weighted by Gasteiger charge is 2.18. The van der Waals surface area contributed by atoms with E-state index in [1.54, 1.807) is 43.5 Å². The molecular formula is C26H25N5O4. The van der Waals surface area contributed by atoms with E-state index in [1.165, 1.54) is 0 Å². The van der Waals surface area contributed by atoms with Crippen molar-refractivity contribution in [3.05, 3.63) is 76.5 Å². The molecule has 2 aromatic carbocycles. The molecule has 0 N–H and O–H groups in total. The van der Waals surface area contributed by atoms with Crippen LogP contribution in [0.1, 0.15) is 11.4 Å². The third kappa shape index (κ3) is 4.05. The maximum Gasteiger partial charge on any atom is 0.262 e. The van der Waals surface area contributed by atoms with Gasteiger partial charge in [0.05, 0.1) is 37.9 Å². The van der Waals surface area contributed by atoms with E-state index in [2.05, 4.69) is 15.1 Å². The summed E-state index contributed by atoms with van der Waals surface area (Å²) in [5, 5.41) is 5.00. The second-order valence-corrected chi connectivity index (χ2v) is 8.08. The molecule has 9 nitrogen and oxygen atoms in total. The predicted molar refractivity (Wildman–Crippen MR) is 133 cm³/mol. The van der Waals surface area contributed by atoms with Crippen LogP contribution in [-0.4, -0.2) is 45.5 Å². The Labute approximate surface area is 201 Å². The first-order chi connectivity index (χ1) is 17.0. The molecule has 3 heterocycles. The number of hydrogen-bond acceptors (Lipinski definition) is 7. The lowest BCUT2D eigenvalue weighted by Gasteiger charge is -2.13. The summed E-state index contributed by atoms with van der Waals surface area (Å²) >= 11 is 0. The van der Waals surface area contributed by atoms with E-state index >= 15 is 0 Å². The summed E-state index contributed by atoms with van der Waals surface area (Å²) in [6.07, 6.45) is 2.41. The number of rotatable bonds is 7. The van der Waals surface area contributed by atoms with Gasteiger partial charge in [-0.05, 0) is 49.2 Å². The molecule has 0 aliphatic carbocycles. The maximum atomic E-state index is 13.8. The van der Waals surface area contributed by atoms with E-state index in [0.717, 1.165) is 11.1 Å². The van der Waals surface area contributed by atoms with Crippen molar-refractivity contribution in [3.63, 3.8) is 0 Å². The van der Waals surface area contributed by atoms with Crippen molar-refractivity contribution in [1.29, 1.82) is 0 Å². The summed E-state index contributed by atoms with van der Waals surface area (Å²) in [6, 6.07) is 15.2. The molecule has 178 valence electrons. The summed E-state index contributed by atoms with van der Waals surface area (Å²) in [5.41, 5.74) is 2.87. The Morgan fingerprint density at radius 3 is 2.51 bits per heavy atom. The molecule has 0 radical (unpaired) electrons. The lowest BCUT2D eigenvalue weighted by molar-refractivity contribution is 0.354. The third-order valence-electron chi connectivity index (χ3n) is 5.94. The van der Waals surface area contributed by atoms with Crippen LogP contribution in [0.4, 0.5) is 0 Å². The number of ether oxygens (including phenoxy) is 3. The van der Waals surface area contributed by atoms with Gasteiger partial charge in [-0.3, -0.25) is 4.79 Å². The van der Waals surface area contributed by atoms with E-state index in [1.807, 2.05) is 48.5 Å². The van der Waals surface area contributed by atoms with Gasteiger partial charge in [0, 0.05) is 18.3 Å². The molecule has 0 atom stereocenters. The van der Waals surface area contributed by atoms with E-state index in [9.17, 15) is 4.79 Å². The Bertz CT molecular complexity index is 1610. The Morgan fingerprint density at radius 1 is 0.914 bits per heavy atom. The molecule has 9 heteroatoms. The minimum atomic E-state index is -0.150. The van der Waals surface area contributed by atoms with Crippen LogP contribution in [0, 0.1) is 6.92 Å². The second-order valence-electron chi connectivity index (χ2n) is 8.08. The first-order valence-corrected chi connectivity index (χ1v) is 11.1. The molecule has 3 aromatic heterocycles. The Hall–Kier alpha value is -4.40. The first-order valence-electron chi connectivity index (χ1n) is 11.1. The van der Waals surface area contributed by atoms with Crippen LogP contribution in [0.3, 0.4) is 0 Å². The molecule has 0 unspecified atom stereocenters. The molecule has 0 aliphatic heterocycles. The maximum absolute atomic E-state index is 13.8. The average Bonchev–Trinajstić information content (AvgIpc) is 3.26. The summed E-state index contributed by atoms with van der Waals surface area (Å²) in [5.74, 6) is 3.02. The van der Waals surface area contributed by atoms with Gasteiger partial charge in [-0.15, -0.1) is 5.10 Å². The van der Waals surface area contributed by atoms with Gasteiger partial charge in [-0.1, -0.05) is 18.2 Å². The number of methoxy groups -OCH3 is 3. The zero-order valence-corrected chi connectivity index (χ0v) is 20.0. The van der Waals surface area contributed by atoms with Gasteiger partial charge in [0.25, 0.3) is 11.3 Å². The molecule has 0 aliphatic rings. The van der Waals surface area contributed by atoms with Gasteiger partial charge >= 0.3 is 0 Å². The van der Waals surface area contributed by atoms with Crippen molar-refractivity contribution in [2.24, 2.45) is 0 Å². The fraction of sp³-hybridized carbons (Fsp3) is 0.231. The number of pyridine rings is 1. The van der Waals surface area contributed by atoms with Gasteiger partial charge in [0.2, 0.25) is 0 Å². The van der Waals surface area contributed by atoms with Crippen LogP contribution in [0.2, 0.25) is 0 Å². The van der Waals surface area contributed by atoms with Gasteiger partial charge < -0.3 is 18.8 Å². The number of nitrogens with zero attached hydrogens (tertiary/aromatic N) is 5. The number of fused-ring (bicyclic) bond motifs is 2. The molecule has 0 amide bonds. The number of aryl methyl sites for hydroxylation is 3. The van der Waals surface area contributed by atoms with E-state index in [0.29, 0.717) is 58.4 Å². The van der Waals surface area contributed by atoms with Crippen molar-refractivity contribution in [2.75, 3.05) is 21.3 Å². The normalized spacial score (nSPS) is 11.2. The van der Waals surface area contributed by atoms with Crippen LogP contribution in [0.25, 0.3) is 27.9 Å². The molecule has 5 aromatic rings. The number of benzene rings is 2. The minimum Gasteiger partial charge on any atom is -0.497 e. The summed E-state index contributed by atoms with van der Waals surface area (Å²) in [7, 11) is 4.82. The zero-order valence-electron chi connectivity index (χ0n) is 20.0. The van der Waals surface area contributed by atoms with Crippen LogP contribution in [0.15, 0.2) is 59.5 Å². The van der Waals surface area contributed by atoms with Gasteiger partial charge in [-0.25, -0.2) is 4.98 Å². The molecule has 0 spiro atoms. The molecule has 0 bridgehead atoms. The standard InChI is InChI=1S/C26H25N5O4/c1-16-27-26-28-20-11-13-30(12-10-17-8-9-21(34-3)22(14-17)35-4)25(32)23(20)24(31(26)29-16)18-6-5-7-19(15-18)33-2/h5-9,11,13-15H,10,12H2,1-4H3. The van der Waals surface area contributed by atoms with Crippen molar-refractivity contribution in [1.82, 2.24) is 24.1 Å². The second kappa shape index (κ2) is 9.09. The van der Waals surface area contributed by atoms with Gasteiger partial charge in [0.1, 0.15) is 11.6 Å². The zero-order chi connectivity index (χ0) is 24.5. The largest absolute Gasteiger partial charge is 0.497 e. The highest BCUT2D eigenvalue weighted by molar-refractivity contribution is 5.93. The molecule has 0 saturated carbocycles. The molecule has 5 rings (SSSR count). The smallest absolute Gasteiger partial charge is 0.262 e. The highest BCUT2D eigenvalue weighted by Crippen LogP contribution is 2.30. The Balaban J connectivity index is 1.63. The van der Waals surface area contributed by atoms with Crippen molar-refractivity contribution < 1.29 is 14.2 Å². The molecule has 35 heavy (non-hydrogen) atoms. The fourth-order valence-electron chi connectivity index (χ4n) is 4.22. The quantitative estimate of drug-likeness (QED) is 0.357. The lowest BCUT2D eigenvalue weighted by Crippen LogP contribution is -2.22. The lowest BCUT2D eigenvalue weighted by atomic mass is 10.1. The topological polar surface area (TPSA) is 92.8 Å². The van der Waals surface area contributed by atoms with E-state index in [-0.39, 0.29) is 5.56 Å². The van der Waals surface area contributed by atoms with E-state index < -0.39 is 0 Å². The fourth-order valence-corrected chi connectivity index (χ4v) is 4.22. The van der Waals surface area contributed by atoms with Crippen molar-refractivity contribution >= 4 is 16.7 Å². The van der Waals surface area contributed by atoms with Crippen LogP contribution in [-0.2, 0) is 13.0 Å². The molecular weight excluding hydrogens is 446 g/mol. The SMILES string of the molecule is COc1cccc(-c2c3c(=O)n(CCc4ccc(OC)c(OC)c4)ccc3nc3nc(C)nn23)c1. The minimum absolute atomic E-state index is 0.150. The Morgan fingerprint density at radius 2 is 1.74 bits per heavy atom. The summed E-state index contributed by atoms with van der Waals surface area (Å²) < 4.78 is 19.5. The summed E-state index contributed by atoms with van der Waals surface area (Å²) in [6.45, 7) is 2.28. The van der Waals surface area contributed by atoms with Gasteiger partial charge in [-0.2, -0.15) is 9.50 Å². The Kier molecular flexibility index (Phi) is 5.82. The van der Waals surface area contributed by atoms with Crippen LogP contribution < -0.4 is 19.8 Å². The van der Waals surface area contributed by atoms with Crippen LogP contribution >= 0.6 is 0 Å². The van der Waals surface area contributed by atoms with Crippen molar-refractivity contribution in [2.45, 2.75) is 19.9 Å². The molecule has 0 saturated heterocycles. The summed E-state index contributed by atoms with van der Waals surface area (Å²) in [4.78, 5) is 22.8. The van der Waals surface area contributed by atoms with Crippen molar-refractivity contribution in [3.8, 4) is 28.5 Å². The average molecular weight is 472 g/mol. The van der Waals surface area contributed by atoms with E-state index in [4.69, 9.17) is 14.2 Å². The first kappa shape index (κ1) is 22.4. The molecule has 0 fully saturated rings. The monoisotopic (exact) mass is 471 g/mol. The third-order valence-corrected chi connectivity index (χ3v) is 5.94. The number of hydrogen-bond donors (Lipinski definition) is 0. The number of aromatic nitrogens is 5.